The largest absolute Gasteiger partial charge is 0.382 e. The lowest BCUT2D eigenvalue weighted by Crippen LogP contribution is -2.24. The molecule has 0 saturated heterocycles. The molecule has 0 fully saturated rings. The zero-order valence-corrected chi connectivity index (χ0v) is 11.0. The van der Waals surface area contributed by atoms with Crippen molar-refractivity contribution in [3.8, 4) is 0 Å². The fourth-order valence-electron chi connectivity index (χ4n) is 1.36. The van der Waals surface area contributed by atoms with Crippen LogP contribution in [0.15, 0.2) is 41.1 Å². The van der Waals surface area contributed by atoms with Crippen LogP contribution in [0.3, 0.4) is 0 Å². The number of aromatic nitrogens is 2. The quantitative estimate of drug-likeness (QED) is 0.905. The minimum absolute atomic E-state index is 0.247. The van der Waals surface area contributed by atoms with E-state index in [-0.39, 0.29) is 17.4 Å². The summed E-state index contributed by atoms with van der Waals surface area (Å²) in [7, 11) is 0. The van der Waals surface area contributed by atoms with E-state index in [1.807, 2.05) is 24.3 Å². The van der Waals surface area contributed by atoms with Crippen LogP contribution in [0.1, 0.15) is 16.1 Å². The van der Waals surface area contributed by atoms with Crippen molar-refractivity contribution < 1.29 is 4.79 Å². The van der Waals surface area contributed by atoms with E-state index in [1.165, 1.54) is 12.4 Å². The summed E-state index contributed by atoms with van der Waals surface area (Å²) in [5.41, 5.74) is 6.64. The van der Waals surface area contributed by atoms with Crippen molar-refractivity contribution in [3.63, 3.8) is 0 Å². The fraction of sp³-hybridized carbons (Fsp3) is 0.0833. The maximum absolute atomic E-state index is 11.8. The number of carbonyl (C=O) groups excluding carboxylic acids is 1. The molecule has 3 N–H and O–H groups in total. The van der Waals surface area contributed by atoms with E-state index >= 15 is 0 Å². The molecule has 0 aliphatic rings. The van der Waals surface area contributed by atoms with Crippen LogP contribution in [0.5, 0.6) is 0 Å². The van der Waals surface area contributed by atoms with E-state index in [0.29, 0.717) is 6.54 Å². The van der Waals surface area contributed by atoms with E-state index < -0.39 is 0 Å². The van der Waals surface area contributed by atoms with E-state index in [4.69, 9.17) is 5.73 Å². The number of hydrogen-bond donors (Lipinski definition) is 2. The number of benzene rings is 1. The first-order chi connectivity index (χ1) is 8.66. The maximum atomic E-state index is 11.8. The molecule has 1 aromatic heterocycles. The molecule has 1 heterocycles. The van der Waals surface area contributed by atoms with Gasteiger partial charge in [-0.1, -0.05) is 34.1 Å². The molecule has 18 heavy (non-hydrogen) atoms. The van der Waals surface area contributed by atoms with Crippen LogP contribution >= 0.6 is 15.9 Å². The third kappa shape index (κ3) is 3.04. The second kappa shape index (κ2) is 5.59. The van der Waals surface area contributed by atoms with Crippen molar-refractivity contribution in [2.45, 2.75) is 6.54 Å². The van der Waals surface area contributed by atoms with Crippen LogP contribution in [-0.4, -0.2) is 15.9 Å². The van der Waals surface area contributed by atoms with Gasteiger partial charge in [0.1, 0.15) is 11.5 Å². The summed E-state index contributed by atoms with van der Waals surface area (Å²) in [4.78, 5) is 19.5. The second-order valence-electron chi connectivity index (χ2n) is 3.60. The Hall–Kier alpha value is -1.95. The van der Waals surface area contributed by atoms with Crippen molar-refractivity contribution in [2.75, 3.05) is 5.73 Å². The molecule has 1 amide bonds. The minimum Gasteiger partial charge on any atom is -0.382 e. The zero-order chi connectivity index (χ0) is 13.0. The van der Waals surface area contributed by atoms with Crippen LogP contribution in [0.4, 0.5) is 5.82 Å². The van der Waals surface area contributed by atoms with Crippen molar-refractivity contribution in [1.82, 2.24) is 15.3 Å². The molecule has 92 valence electrons. The molecule has 0 saturated carbocycles. The first-order valence-corrected chi connectivity index (χ1v) is 6.05. The number of amides is 1. The average Bonchev–Trinajstić information content (AvgIpc) is 2.38. The Kier molecular flexibility index (Phi) is 3.88. The van der Waals surface area contributed by atoms with Gasteiger partial charge in [0.05, 0.1) is 12.4 Å². The van der Waals surface area contributed by atoms with Gasteiger partial charge < -0.3 is 11.1 Å². The van der Waals surface area contributed by atoms with Gasteiger partial charge in [-0.2, -0.15) is 0 Å². The highest BCUT2D eigenvalue weighted by atomic mass is 79.9. The Morgan fingerprint density at radius 2 is 2.06 bits per heavy atom. The summed E-state index contributed by atoms with van der Waals surface area (Å²) in [6.07, 6.45) is 2.71. The van der Waals surface area contributed by atoms with Crippen LogP contribution in [-0.2, 0) is 6.54 Å². The van der Waals surface area contributed by atoms with Crippen LogP contribution in [0.2, 0.25) is 0 Å². The van der Waals surface area contributed by atoms with E-state index in [2.05, 4.69) is 31.2 Å². The molecule has 2 aromatic rings. The normalized spacial score (nSPS) is 10.1. The molecule has 5 nitrogen and oxygen atoms in total. The minimum atomic E-state index is -0.279. The highest BCUT2D eigenvalue weighted by molar-refractivity contribution is 9.10. The maximum Gasteiger partial charge on any atom is 0.271 e. The summed E-state index contributed by atoms with van der Waals surface area (Å²) in [5.74, 6) is 0.00982. The fourth-order valence-corrected chi connectivity index (χ4v) is 1.79. The highest BCUT2D eigenvalue weighted by Gasteiger charge is 2.07. The molecule has 0 spiro atoms. The van der Waals surface area contributed by atoms with Crippen molar-refractivity contribution in [1.29, 1.82) is 0 Å². The molecular weight excluding hydrogens is 296 g/mol. The van der Waals surface area contributed by atoms with Crippen molar-refractivity contribution in [3.05, 3.63) is 52.4 Å². The monoisotopic (exact) mass is 306 g/mol. The number of carbonyl (C=O) groups is 1. The van der Waals surface area contributed by atoms with Gasteiger partial charge in [-0.15, -0.1) is 0 Å². The summed E-state index contributed by atoms with van der Waals surface area (Å²) < 4.78 is 0.952. The molecule has 6 heteroatoms. The summed E-state index contributed by atoms with van der Waals surface area (Å²) in [6, 6.07) is 7.68. The number of rotatable bonds is 3. The third-order valence-electron chi connectivity index (χ3n) is 2.30. The molecule has 2 rings (SSSR count). The van der Waals surface area contributed by atoms with Gasteiger partial charge in [0, 0.05) is 11.0 Å². The number of anilines is 1. The molecule has 0 unspecified atom stereocenters. The first-order valence-electron chi connectivity index (χ1n) is 5.26. The van der Waals surface area contributed by atoms with Crippen molar-refractivity contribution >= 4 is 27.7 Å². The summed E-state index contributed by atoms with van der Waals surface area (Å²) in [5, 5.41) is 2.76. The lowest BCUT2D eigenvalue weighted by atomic mass is 10.2. The molecule has 0 radical (unpaired) electrons. The Labute approximate surface area is 113 Å². The number of halogens is 1. The Morgan fingerprint density at radius 3 is 2.72 bits per heavy atom. The second-order valence-corrected chi connectivity index (χ2v) is 4.45. The van der Waals surface area contributed by atoms with Crippen LogP contribution < -0.4 is 11.1 Å². The lowest BCUT2D eigenvalue weighted by Gasteiger charge is -2.06. The van der Waals surface area contributed by atoms with E-state index in [9.17, 15) is 4.79 Å². The van der Waals surface area contributed by atoms with Gasteiger partial charge >= 0.3 is 0 Å². The van der Waals surface area contributed by atoms with Gasteiger partial charge in [-0.3, -0.25) is 4.79 Å². The van der Waals surface area contributed by atoms with Crippen molar-refractivity contribution in [2.24, 2.45) is 0 Å². The topological polar surface area (TPSA) is 80.9 Å². The van der Waals surface area contributed by atoms with Gasteiger partial charge in [-0.05, 0) is 11.6 Å². The molecule has 0 aliphatic carbocycles. The molecule has 0 atom stereocenters. The average molecular weight is 307 g/mol. The standard InChI is InChI=1S/C12H11BrN4O/c13-9-4-2-1-3-8(9)5-17-12(18)10-6-16-11(14)7-15-10/h1-4,6-7H,5H2,(H2,14,16)(H,17,18). The lowest BCUT2D eigenvalue weighted by molar-refractivity contribution is 0.0945. The van der Waals surface area contributed by atoms with Gasteiger partial charge in [-0.25, -0.2) is 9.97 Å². The van der Waals surface area contributed by atoms with Gasteiger partial charge in [0.15, 0.2) is 0 Å². The third-order valence-corrected chi connectivity index (χ3v) is 3.08. The predicted octanol–water partition coefficient (Wildman–Crippen LogP) is 1.75. The van der Waals surface area contributed by atoms with Gasteiger partial charge in [0.2, 0.25) is 0 Å². The van der Waals surface area contributed by atoms with E-state index in [1.54, 1.807) is 0 Å². The number of nitrogens with one attached hydrogen (secondary N) is 1. The number of nitrogen functional groups attached to an aromatic ring is 1. The Morgan fingerprint density at radius 1 is 1.28 bits per heavy atom. The van der Waals surface area contributed by atoms with Crippen LogP contribution in [0.25, 0.3) is 0 Å². The molecule has 0 aliphatic heterocycles. The molecule has 1 aromatic carbocycles. The number of nitrogens with two attached hydrogens (primary N) is 1. The Balaban J connectivity index is 2.01. The van der Waals surface area contributed by atoms with Gasteiger partial charge in [0.25, 0.3) is 5.91 Å². The smallest absolute Gasteiger partial charge is 0.271 e. The zero-order valence-electron chi connectivity index (χ0n) is 9.43. The molecule has 0 bridgehead atoms. The number of hydrogen-bond acceptors (Lipinski definition) is 4. The first kappa shape index (κ1) is 12.5. The highest BCUT2D eigenvalue weighted by Crippen LogP contribution is 2.15. The summed E-state index contributed by atoms with van der Waals surface area (Å²) in [6.45, 7) is 0.423. The Bertz CT molecular complexity index is 556. The number of nitrogens with zero attached hydrogens (tertiary/aromatic N) is 2. The predicted molar refractivity (Wildman–Crippen MR) is 71.8 cm³/mol. The van der Waals surface area contributed by atoms with Crippen LogP contribution in [0, 0.1) is 0 Å². The van der Waals surface area contributed by atoms with E-state index in [0.717, 1.165) is 10.0 Å². The summed E-state index contributed by atoms with van der Waals surface area (Å²) >= 11 is 3.42. The SMILES string of the molecule is Nc1cnc(C(=O)NCc2ccccc2Br)cn1. The molecular formula is C12H11BrN4O.